The van der Waals surface area contributed by atoms with Crippen LogP contribution in [0.2, 0.25) is 0 Å². The standard InChI is InChI=1S/C18H24N2O4/c1-12(2)11-14(21)15-16(13-5-7-19-8-6-13)20(9-4-10-24-3)18(23)17(15)22/h5-8,12,16,22H,4,9-11H2,1-3H3. The molecular formula is C18H24N2O4. The number of nitrogens with zero attached hydrogens (tertiary/aromatic N) is 2. The zero-order valence-electron chi connectivity index (χ0n) is 14.4. The van der Waals surface area contributed by atoms with Crippen LogP contribution in [0.3, 0.4) is 0 Å². The van der Waals surface area contributed by atoms with Crippen LogP contribution in [0.1, 0.15) is 38.3 Å². The van der Waals surface area contributed by atoms with E-state index in [-0.39, 0.29) is 17.3 Å². The van der Waals surface area contributed by atoms with Crippen LogP contribution in [-0.2, 0) is 14.3 Å². The molecule has 1 unspecified atom stereocenters. The first-order valence-corrected chi connectivity index (χ1v) is 8.13. The SMILES string of the molecule is COCCCN1C(=O)C(O)=C(C(=O)CC(C)C)C1c1ccncc1. The van der Waals surface area contributed by atoms with Crippen molar-refractivity contribution in [3.05, 3.63) is 41.4 Å². The van der Waals surface area contributed by atoms with Gasteiger partial charge in [-0.1, -0.05) is 13.8 Å². The molecular weight excluding hydrogens is 308 g/mol. The third-order valence-corrected chi connectivity index (χ3v) is 3.97. The van der Waals surface area contributed by atoms with E-state index in [1.165, 1.54) is 4.90 Å². The average Bonchev–Trinajstić information content (AvgIpc) is 2.80. The molecule has 0 bridgehead atoms. The monoisotopic (exact) mass is 332 g/mol. The van der Waals surface area contributed by atoms with Gasteiger partial charge in [0.2, 0.25) is 0 Å². The van der Waals surface area contributed by atoms with Crippen molar-refractivity contribution >= 4 is 11.7 Å². The molecule has 130 valence electrons. The molecule has 1 aromatic rings. The second-order valence-corrected chi connectivity index (χ2v) is 6.31. The molecule has 2 rings (SSSR count). The lowest BCUT2D eigenvalue weighted by Gasteiger charge is -2.26. The number of ketones is 1. The first-order valence-electron chi connectivity index (χ1n) is 8.13. The molecule has 0 aromatic carbocycles. The minimum atomic E-state index is -0.566. The van der Waals surface area contributed by atoms with Crippen molar-refractivity contribution in [1.82, 2.24) is 9.88 Å². The van der Waals surface area contributed by atoms with E-state index in [1.807, 2.05) is 13.8 Å². The highest BCUT2D eigenvalue weighted by Crippen LogP contribution is 2.38. The highest BCUT2D eigenvalue weighted by Gasteiger charge is 2.42. The third-order valence-electron chi connectivity index (χ3n) is 3.97. The van der Waals surface area contributed by atoms with Crippen LogP contribution in [0.4, 0.5) is 0 Å². The van der Waals surface area contributed by atoms with Crippen LogP contribution in [-0.4, -0.2) is 46.9 Å². The zero-order valence-corrected chi connectivity index (χ0v) is 14.4. The van der Waals surface area contributed by atoms with Crippen LogP contribution in [0.5, 0.6) is 0 Å². The number of hydrogen-bond donors (Lipinski definition) is 1. The summed E-state index contributed by atoms with van der Waals surface area (Å²) < 4.78 is 5.04. The Morgan fingerprint density at radius 2 is 2.04 bits per heavy atom. The number of methoxy groups -OCH3 is 1. The predicted octanol–water partition coefficient (Wildman–Crippen LogP) is 2.43. The molecule has 0 aliphatic carbocycles. The van der Waals surface area contributed by atoms with Crippen molar-refractivity contribution in [2.75, 3.05) is 20.3 Å². The van der Waals surface area contributed by atoms with Crippen LogP contribution in [0.25, 0.3) is 0 Å². The van der Waals surface area contributed by atoms with Crippen LogP contribution >= 0.6 is 0 Å². The molecule has 2 heterocycles. The van der Waals surface area contributed by atoms with E-state index in [4.69, 9.17) is 4.74 Å². The molecule has 1 aliphatic rings. The number of rotatable bonds is 8. The van der Waals surface area contributed by atoms with Crippen LogP contribution in [0, 0.1) is 5.92 Å². The minimum absolute atomic E-state index is 0.147. The first-order chi connectivity index (χ1) is 11.5. The number of ether oxygens (including phenoxy) is 1. The smallest absolute Gasteiger partial charge is 0.290 e. The number of carbonyl (C=O) groups is 2. The molecule has 6 nitrogen and oxygen atoms in total. The number of hydrogen-bond acceptors (Lipinski definition) is 5. The fourth-order valence-electron chi connectivity index (χ4n) is 2.92. The maximum atomic E-state index is 12.6. The molecule has 0 saturated carbocycles. The van der Waals surface area contributed by atoms with E-state index in [9.17, 15) is 14.7 Å². The maximum Gasteiger partial charge on any atom is 0.290 e. The summed E-state index contributed by atoms with van der Waals surface area (Å²) in [5.74, 6) is -0.972. The van der Waals surface area contributed by atoms with Gasteiger partial charge in [-0.05, 0) is 30.0 Å². The Morgan fingerprint density at radius 3 is 2.62 bits per heavy atom. The van der Waals surface area contributed by atoms with Gasteiger partial charge < -0.3 is 14.7 Å². The molecule has 24 heavy (non-hydrogen) atoms. The lowest BCUT2D eigenvalue weighted by molar-refractivity contribution is -0.129. The number of amides is 1. The van der Waals surface area contributed by atoms with Crippen molar-refractivity contribution in [2.24, 2.45) is 5.92 Å². The molecule has 1 aliphatic heterocycles. The van der Waals surface area contributed by atoms with Crippen molar-refractivity contribution in [3.8, 4) is 0 Å². The number of pyridine rings is 1. The molecule has 1 aromatic heterocycles. The summed E-state index contributed by atoms with van der Waals surface area (Å²) in [4.78, 5) is 30.7. The van der Waals surface area contributed by atoms with Gasteiger partial charge in [0.05, 0.1) is 11.6 Å². The highest BCUT2D eigenvalue weighted by atomic mass is 16.5. The van der Waals surface area contributed by atoms with Gasteiger partial charge in [0.1, 0.15) is 0 Å². The average molecular weight is 332 g/mol. The zero-order chi connectivity index (χ0) is 17.7. The van der Waals surface area contributed by atoms with Crippen LogP contribution < -0.4 is 0 Å². The largest absolute Gasteiger partial charge is 0.503 e. The first kappa shape index (κ1) is 18.1. The van der Waals surface area contributed by atoms with Gasteiger partial charge in [-0.3, -0.25) is 14.6 Å². The lowest BCUT2D eigenvalue weighted by atomic mass is 9.92. The predicted molar refractivity (Wildman–Crippen MR) is 89.3 cm³/mol. The maximum absolute atomic E-state index is 12.6. The summed E-state index contributed by atoms with van der Waals surface area (Å²) >= 11 is 0. The molecule has 0 saturated heterocycles. The van der Waals surface area contributed by atoms with Gasteiger partial charge >= 0.3 is 0 Å². The van der Waals surface area contributed by atoms with Gasteiger partial charge in [0, 0.05) is 39.1 Å². The summed E-state index contributed by atoms with van der Waals surface area (Å²) in [6, 6.07) is 2.97. The Balaban J connectivity index is 2.38. The van der Waals surface area contributed by atoms with E-state index in [1.54, 1.807) is 31.6 Å². The Morgan fingerprint density at radius 1 is 1.38 bits per heavy atom. The Hall–Kier alpha value is -2.21. The highest BCUT2D eigenvalue weighted by molar-refractivity contribution is 6.09. The summed E-state index contributed by atoms with van der Waals surface area (Å²) in [6.07, 6.45) is 4.16. The molecule has 6 heteroatoms. The number of aliphatic hydroxyl groups is 1. The second-order valence-electron chi connectivity index (χ2n) is 6.31. The molecule has 1 atom stereocenters. The Labute approximate surface area is 142 Å². The molecule has 0 spiro atoms. The second kappa shape index (κ2) is 8.06. The Kier molecular flexibility index (Phi) is 6.09. The van der Waals surface area contributed by atoms with Crippen molar-refractivity contribution in [2.45, 2.75) is 32.7 Å². The van der Waals surface area contributed by atoms with Gasteiger partial charge in [0.15, 0.2) is 11.5 Å². The molecule has 1 amide bonds. The fourth-order valence-corrected chi connectivity index (χ4v) is 2.92. The third kappa shape index (κ3) is 3.82. The van der Waals surface area contributed by atoms with Gasteiger partial charge in [0.25, 0.3) is 5.91 Å². The fraction of sp³-hybridized carbons (Fsp3) is 0.500. The number of Topliss-reactive ketones (excluding diaryl/α,β-unsaturated/α-hetero) is 1. The summed E-state index contributed by atoms with van der Waals surface area (Å²) in [5, 5.41) is 10.3. The Bertz CT molecular complexity index is 625. The molecule has 0 radical (unpaired) electrons. The lowest BCUT2D eigenvalue weighted by Crippen LogP contribution is -2.32. The summed E-state index contributed by atoms with van der Waals surface area (Å²) in [6.45, 7) is 4.78. The van der Waals surface area contributed by atoms with E-state index < -0.39 is 17.7 Å². The summed E-state index contributed by atoms with van der Waals surface area (Å²) in [7, 11) is 1.60. The van der Waals surface area contributed by atoms with Crippen LogP contribution in [0.15, 0.2) is 35.9 Å². The number of aliphatic hydroxyl groups excluding tert-OH is 1. The van der Waals surface area contributed by atoms with Gasteiger partial charge in [-0.2, -0.15) is 0 Å². The van der Waals surface area contributed by atoms with Crippen molar-refractivity contribution in [1.29, 1.82) is 0 Å². The minimum Gasteiger partial charge on any atom is -0.503 e. The van der Waals surface area contributed by atoms with E-state index >= 15 is 0 Å². The number of carbonyl (C=O) groups excluding carboxylic acids is 2. The van der Waals surface area contributed by atoms with E-state index in [0.717, 1.165) is 5.56 Å². The topological polar surface area (TPSA) is 79.7 Å². The normalized spacial score (nSPS) is 17.9. The molecule has 1 N–H and O–H groups in total. The van der Waals surface area contributed by atoms with E-state index in [2.05, 4.69) is 4.98 Å². The van der Waals surface area contributed by atoms with Gasteiger partial charge in [-0.25, -0.2) is 0 Å². The quantitative estimate of drug-likeness (QED) is 0.740. The molecule has 0 fully saturated rings. The van der Waals surface area contributed by atoms with Gasteiger partial charge in [-0.15, -0.1) is 0 Å². The van der Waals surface area contributed by atoms with Crippen molar-refractivity contribution in [3.63, 3.8) is 0 Å². The summed E-state index contributed by atoms with van der Waals surface area (Å²) in [5.41, 5.74) is 0.962. The van der Waals surface area contributed by atoms with Crippen molar-refractivity contribution < 1.29 is 19.4 Å². The number of aromatic nitrogens is 1. The van der Waals surface area contributed by atoms with E-state index in [0.29, 0.717) is 26.0 Å².